The standard InChI is InChI=1S/C10H15N5S/c1-7-5-16-6-8(7)3-4-15(2)10-12-9(11)13-14-10/h5-6H,3-4H2,1-2H3,(H3,11,12,13,14). The zero-order valence-corrected chi connectivity index (χ0v) is 10.2. The lowest BCUT2D eigenvalue weighted by Crippen LogP contribution is -2.21. The Morgan fingerprint density at radius 2 is 2.31 bits per heavy atom. The van der Waals surface area contributed by atoms with Crippen molar-refractivity contribution in [3.8, 4) is 0 Å². The maximum atomic E-state index is 5.48. The largest absolute Gasteiger partial charge is 0.368 e. The van der Waals surface area contributed by atoms with Gasteiger partial charge in [-0.2, -0.15) is 16.3 Å². The molecule has 86 valence electrons. The van der Waals surface area contributed by atoms with Crippen LogP contribution in [-0.2, 0) is 6.42 Å². The van der Waals surface area contributed by atoms with E-state index in [2.05, 4.69) is 32.9 Å². The molecule has 0 bridgehead atoms. The molecule has 16 heavy (non-hydrogen) atoms. The summed E-state index contributed by atoms with van der Waals surface area (Å²) in [6.07, 6.45) is 1.00. The Morgan fingerprint density at radius 3 is 2.88 bits per heavy atom. The Kier molecular flexibility index (Phi) is 3.09. The highest BCUT2D eigenvalue weighted by molar-refractivity contribution is 7.08. The number of rotatable bonds is 4. The van der Waals surface area contributed by atoms with Gasteiger partial charge in [0.25, 0.3) is 0 Å². The van der Waals surface area contributed by atoms with Crippen molar-refractivity contribution in [1.82, 2.24) is 15.2 Å². The van der Waals surface area contributed by atoms with Crippen LogP contribution in [-0.4, -0.2) is 28.8 Å². The van der Waals surface area contributed by atoms with Gasteiger partial charge in [0.1, 0.15) is 0 Å². The van der Waals surface area contributed by atoms with E-state index in [9.17, 15) is 0 Å². The monoisotopic (exact) mass is 237 g/mol. The summed E-state index contributed by atoms with van der Waals surface area (Å²) in [5, 5.41) is 11.0. The predicted octanol–water partition coefficient (Wildman–Crippen LogP) is 1.44. The second-order valence-electron chi connectivity index (χ2n) is 3.77. The van der Waals surface area contributed by atoms with Gasteiger partial charge >= 0.3 is 0 Å². The fraction of sp³-hybridized carbons (Fsp3) is 0.400. The lowest BCUT2D eigenvalue weighted by Gasteiger charge is -2.14. The van der Waals surface area contributed by atoms with Crippen LogP contribution < -0.4 is 10.6 Å². The Hall–Kier alpha value is -1.56. The number of thiophene rings is 1. The molecule has 0 aliphatic heterocycles. The Labute approximate surface area is 98.3 Å². The number of aromatic nitrogens is 3. The van der Waals surface area contributed by atoms with E-state index in [1.54, 1.807) is 11.3 Å². The summed E-state index contributed by atoms with van der Waals surface area (Å²) < 4.78 is 0. The average Bonchev–Trinajstić information content (AvgIpc) is 2.84. The zero-order valence-electron chi connectivity index (χ0n) is 9.40. The zero-order chi connectivity index (χ0) is 11.5. The molecular weight excluding hydrogens is 222 g/mol. The van der Waals surface area contributed by atoms with Crippen molar-refractivity contribution in [2.45, 2.75) is 13.3 Å². The molecule has 0 saturated heterocycles. The molecule has 0 aromatic carbocycles. The molecule has 0 amide bonds. The number of anilines is 2. The molecular formula is C10H15N5S. The Balaban J connectivity index is 1.93. The minimum Gasteiger partial charge on any atom is -0.368 e. The third-order valence-electron chi connectivity index (χ3n) is 2.51. The first kappa shape index (κ1) is 10.9. The summed E-state index contributed by atoms with van der Waals surface area (Å²) in [5.41, 5.74) is 8.22. The van der Waals surface area contributed by atoms with Crippen LogP contribution in [0.2, 0.25) is 0 Å². The van der Waals surface area contributed by atoms with Gasteiger partial charge in [-0.05, 0) is 35.2 Å². The van der Waals surface area contributed by atoms with Crippen LogP contribution in [0.1, 0.15) is 11.1 Å². The van der Waals surface area contributed by atoms with E-state index in [0.717, 1.165) is 13.0 Å². The molecule has 0 radical (unpaired) electrons. The first-order valence-corrected chi connectivity index (χ1v) is 6.02. The van der Waals surface area contributed by atoms with Crippen molar-refractivity contribution in [1.29, 1.82) is 0 Å². The fourth-order valence-electron chi connectivity index (χ4n) is 1.47. The van der Waals surface area contributed by atoms with E-state index in [1.165, 1.54) is 11.1 Å². The first-order chi connectivity index (χ1) is 7.66. The molecule has 5 nitrogen and oxygen atoms in total. The van der Waals surface area contributed by atoms with Crippen molar-refractivity contribution in [2.24, 2.45) is 0 Å². The van der Waals surface area contributed by atoms with E-state index in [-0.39, 0.29) is 0 Å². The van der Waals surface area contributed by atoms with Gasteiger partial charge in [0, 0.05) is 13.6 Å². The summed E-state index contributed by atoms with van der Waals surface area (Å²) in [7, 11) is 1.96. The van der Waals surface area contributed by atoms with Crippen LogP contribution in [0.5, 0.6) is 0 Å². The van der Waals surface area contributed by atoms with Crippen molar-refractivity contribution >= 4 is 23.2 Å². The highest BCUT2D eigenvalue weighted by atomic mass is 32.1. The second kappa shape index (κ2) is 4.52. The molecule has 0 spiro atoms. The molecule has 2 aromatic rings. The van der Waals surface area contributed by atoms with Gasteiger partial charge in [-0.1, -0.05) is 0 Å². The van der Waals surface area contributed by atoms with E-state index in [4.69, 9.17) is 5.73 Å². The summed E-state index contributed by atoms with van der Waals surface area (Å²) in [5.74, 6) is 0.999. The number of aryl methyl sites for hydroxylation is 1. The molecule has 2 rings (SSSR count). The van der Waals surface area contributed by atoms with Crippen LogP contribution in [0, 0.1) is 6.92 Å². The van der Waals surface area contributed by atoms with Crippen molar-refractivity contribution < 1.29 is 0 Å². The van der Waals surface area contributed by atoms with Crippen LogP contribution in [0.25, 0.3) is 0 Å². The molecule has 0 unspecified atom stereocenters. The van der Waals surface area contributed by atoms with Gasteiger partial charge < -0.3 is 10.6 Å². The van der Waals surface area contributed by atoms with Gasteiger partial charge in [0.05, 0.1) is 0 Å². The van der Waals surface area contributed by atoms with Crippen LogP contribution >= 0.6 is 11.3 Å². The van der Waals surface area contributed by atoms with Gasteiger partial charge in [-0.25, -0.2) is 5.10 Å². The van der Waals surface area contributed by atoms with Crippen molar-refractivity contribution in [3.05, 3.63) is 21.9 Å². The molecule has 6 heteroatoms. The van der Waals surface area contributed by atoms with Gasteiger partial charge in [-0.15, -0.1) is 5.10 Å². The minimum atomic E-state index is 0.355. The highest BCUT2D eigenvalue weighted by Crippen LogP contribution is 2.15. The SMILES string of the molecule is Cc1cscc1CCN(C)c1n[nH]c(N)n1. The van der Waals surface area contributed by atoms with Crippen LogP contribution in [0.15, 0.2) is 10.8 Å². The second-order valence-corrected chi connectivity index (χ2v) is 4.52. The van der Waals surface area contributed by atoms with E-state index >= 15 is 0 Å². The maximum absolute atomic E-state index is 5.48. The number of nitrogens with two attached hydrogens (primary N) is 1. The summed E-state index contributed by atoms with van der Waals surface area (Å²) >= 11 is 1.74. The number of hydrogen-bond donors (Lipinski definition) is 2. The number of nitrogens with zero attached hydrogens (tertiary/aromatic N) is 3. The normalized spacial score (nSPS) is 10.6. The number of aromatic amines is 1. The summed E-state index contributed by atoms with van der Waals surface area (Å²) in [6, 6.07) is 0. The maximum Gasteiger partial charge on any atom is 0.246 e. The van der Waals surface area contributed by atoms with Gasteiger partial charge in [0.2, 0.25) is 11.9 Å². The number of likely N-dealkylation sites (N-methyl/N-ethyl adjacent to an activating group) is 1. The lowest BCUT2D eigenvalue weighted by atomic mass is 10.1. The van der Waals surface area contributed by atoms with Gasteiger partial charge in [0.15, 0.2) is 0 Å². The van der Waals surface area contributed by atoms with E-state index in [0.29, 0.717) is 11.9 Å². The van der Waals surface area contributed by atoms with Crippen molar-refractivity contribution in [2.75, 3.05) is 24.2 Å². The fourth-order valence-corrected chi connectivity index (χ4v) is 2.36. The highest BCUT2D eigenvalue weighted by Gasteiger charge is 2.07. The Morgan fingerprint density at radius 1 is 1.50 bits per heavy atom. The third-order valence-corrected chi connectivity index (χ3v) is 3.42. The molecule has 2 aromatic heterocycles. The summed E-state index contributed by atoms with van der Waals surface area (Å²) in [6.45, 7) is 3.02. The third kappa shape index (κ3) is 2.33. The van der Waals surface area contributed by atoms with E-state index < -0.39 is 0 Å². The smallest absolute Gasteiger partial charge is 0.246 e. The van der Waals surface area contributed by atoms with Gasteiger partial charge in [-0.3, -0.25) is 0 Å². The van der Waals surface area contributed by atoms with Crippen LogP contribution in [0.3, 0.4) is 0 Å². The number of H-pyrrole nitrogens is 1. The number of nitrogens with one attached hydrogen (secondary N) is 1. The Bertz CT molecular complexity index is 461. The molecule has 0 saturated carbocycles. The molecule has 0 atom stereocenters. The van der Waals surface area contributed by atoms with Crippen molar-refractivity contribution in [3.63, 3.8) is 0 Å². The minimum absolute atomic E-state index is 0.355. The topological polar surface area (TPSA) is 70.8 Å². The summed E-state index contributed by atoms with van der Waals surface area (Å²) in [4.78, 5) is 6.06. The lowest BCUT2D eigenvalue weighted by molar-refractivity contribution is 0.839. The molecule has 0 fully saturated rings. The molecule has 2 heterocycles. The van der Waals surface area contributed by atoms with Crippen LogP contribution in [0.4, 0.5) is 11.9 Å². The first-order valence-electron chi connectivity index (χ1n) is 5.07. The average molecular weight is 237 g/mol. The molecule has 3 N–H and O–H groups in total. The predicted molar refractivity (Wildman–Crippen MR) is 66.8 cm³/mol. The van der Waals surface area contributed by atoms with E-state index in [1.807, 2.05) is 11.9 Å². The quantitative estimate of drug-likeness (QED) is 0.844. The number of nitrogen functional groups attached to an aromatic ring is 1. The molecule has 0 aliphatic rings. The molecule has 0 aliphatic carbocycles. The number of hydrogen-bond acceptors (Lipinski definition) is 5.